The monoisotopic (exact) mass is 267 g/mol. The van der Waals surface area contributed by atoms with Gasteiger partial charge in [-0.15, -0.1) is 0 Å². The minimum absolute atomic E-state index is 0.511. The number of imidazole rings is 1. The van der Waals surface area contributed by atoms with Crippen LogP contribution in [-0.2, 0) is 11.3 Å². The van der Waals surface area contributed by atoms with E-state index in [1.165, 1.54) is 11.2 Å². The summed E-state index contributed by atoms with van der Waals surface area (Å²) in [7, 11) is 1.64. The highest BCUT2D eigenvalue weighted by molar-refractivity contribution is 5.89. The second-order valence-corrected chi connectivity index (χ2v) is 4.44. The van der Waals surface area contributed by atoms with E-state index in [-0.39, 0.29) is 0 Å². The first-order valence-electron chi connectivity index (χ1n) is 6.17. The zero-order valence-corrected chi connectivity index (χ0v) is 11.0. The Labute approximate surface area is 115 Å². The van der Waals surface area contributed by atoms with Gasteiger partial charge in [-0.2, -0.15) is 0 Å². The lowest BCUT2D eigenvalue weighted by atomic mass is 10.2. The molecule has 0 unspecified atom stereocenters. The lowest BCUT2D eigenvalue weighted by molar-refractivity contribution is -0.107. The van der Waals surface area contributed by atoms with Gasteiger partial charge in [0.15, 0.2) is 17.0 Å². The molecule has 0 radical (unpaired) electrons. The lowest BCUT2D eigenvalue weighted by Crippen LogP contribution is -2.16. The van der Waals surface area contributed by atoms with Gasteiger partial charge in [-0.1, -0.05) is 30.3 Å². The molecular formula is C14H13N5O. The second kappa shape index (κ2) is 5.08. The molecule has 0 fully saturated rings. The summed E-state index contributed by atoms with van der Waals surface area (Å²) in [6, 6.07) is 10.1. The average molecular weight is 267 g/mol. The van der Waals surface area contributed by atoms with Crippen LogP contribution in [-0.4, -0.2) is 33.0 Å². The lowest BCUT2D eigenvalue weighted by Gasteiger charge is -2.09. The van der Waals surface area contributed by atoms with Crippen molar-refractivity contribution >= 4 is 23.4 Å². The zero-order chi connectivity index (χ0) is 13.9. The Balaban J connectivity index is 2.04. The molecule has 0 aliphatic heterocycles. The molecule has 2 heterocycles. The third-order valence-electron chi connectivity index (χ3n) is 3.07. The Morgan fingerprint density at radius 1 is 1.20 bits per heavy atom. The molecule has 0 aliphatic rings. The molecule has 0 N–H and O–H groups in total. The summed E-state index contributed by atoms with van der Waals surface area (Å²) >= 11 is 0. The topological polar surface area (TPSA) is 63.9 Å². The standard InChI is InChI=1S/C14H13N5O/c1-18(10-20)13-12-14(16-8-15-13)19(9-17-12)7-11-5-3-2-4-6-11/h2-6,8-10H,7H2,1H3. The van der Waals surface area contributed by atoms with E-state index < -0.39 is 0 Å². The van der Waals surface area contributed by atoms with Crippen molar-refractivity contribution in [1.29, 1.82) is 0 Å². The Morgan fingerprint density at radius 3 is 2.75 bits per heavy atom. The molecule has 20 heavy (non-hydrogen) atoms. The van der Waals surface area contributed by atoms with Crippen LogP contribution in [0.2, 0.25) is 0 Å². The molecule has 0 bridgehead atoms. The van der Waals surface area contributed by atoms with Gasteiger partial charge in [0.25, 0.3) is 0 Å². The van der Waals surface area contributed by atoms with Crippen molar-refractivity contribution in [2.75, 3.05) is 11.9 Å². The first-order valence-corrected chi connectivity index (χ1v) is 6.17. The van der Waals surface area contributed by atoms with Crippen molar-refractivity contribution in [2.45, 2.75) is 6.54 Å². The van der Waals surface area contributed by atoms with Gasteiger partial charge >= 0.3 is 0 Å². The summed E-state index contributed by atoms with van der Waals surface area (Å²) in [5.41, 5.74) is 2.50. The molecule has 3 aromatic rings. The summed E-state index contributed by atoms with van der Waals surface area (Å²) in [6.45, 7) is 0.679. The number of rotatable bonds is 4. The van der Waals surface area contributed by atoms with Crippen molar-refractivity contribution in [3.63, 3.8) is 0 Å². The van der Waals surface area contributed by atoms with Gasteiger partial charge in [0.05, 0.1) is 12.9 Å². The van der Waals surface area contributed by atoms with Gasteiger partial charge in [0.2, 0.25) is 6.41 Å². The van der Waals surface area contributed by atoms with Gasteiger partial charge < -0.3 is 9.47 Å². The van der Waals surface area contributed by atoms with Crippen LogP contribution in [0.25, 0.3) is 11.2 Å². The Hall–Kier alpha value is -2.76. The first-order chi connectivity index (χ1) is 9.79. The average Bonchev–Trinajstić information content (AvgIpc) is 2.91. The maximum absolute atomic E-state index is 10.9. The molecule has 1 amide bonds. The summed E-state index contributed by atoms with van der Waals surface area (Å²) in [5.74, 6) is 0.511. The van der Waals surface area contributed by atoms with Gasteiger partial charge in [-0.3, -0.25) is 4.79 Å². The van der Waals surface area contributed by atoms with Gasteiger partial charge in [-0.05, 0) is 5.56 Å². The van der Waals surface area contributed by atoms with Crippen molar-refractivity contribution in [1.82, 2.24) is 19.5 Å². The maximum Gasteiger partial charge on any atom is 0.215 e. The normalized spacial score (nSPS) is 10.7. The minimum atomic E-state index is 0.511. The number of carbonyl (C=O) groups excluding carboxylic acids is 1. The van der Waals surface area contributed by atoms with E-state index in [4.69, 9.17) is 0 Å². The van der Waals surface area contributed by atoms with Crippen LogP contribution in [0, 0.1) is 0 Å². The molecule has 0 aliphatic carbocycles. The molecule has 6 nitrogen and oxygen atoms in total. The van der Waals surface area contributed by atoms with E-state index in [0.29, 0.717) is 29.9 Å². The van der Waals surface area contributed by atoms with Crippen LogP contribution in [0.4, 0.5) is 5.82 Å². The highest BCUT2D eigenvalue weighted by Gasteiger charge is 2.12. The molecule has 6 heteroatoms. The molecular weight excluding hydrogens is 254 g/mol. The highest BCUT2D eigenvalue weighted by Crippen LogP contribution is 2.20. The molecule has 0 saturated heterocycles. The van der Waals surface area contributed by atoms with Gasteiger partial charge in [0.1, 0.15) is 6.33 Å². The Bertz CT molecular complexity index is 738. The molecule has 100 valence electrons. The van der Waals surface area contributed by atoms with E-state index in [9.17, 15) is 4.79 Å². The van der Waals surface area contributed by atoms with Crippen molar-refractivity contribution in [3.8, 4) is 0 Å². The number of hydrogen-bond acceptors (Lipinski definition) is 4. The van der Waals surface area contributed by atoms with E-state index in [2.05, 4.69) is 15.0 Å². The smallest absolute Gasteiger partial charge is 0.215 e. The third kappa shape index (κ3) is 2.11. The molecule has 0 atom stereocenters. The predicted molar refractivity (Wildman–Crippen MR) is 75.3 cm³/mol. The van der Waals surface area contributed by atoms with Gasteiger partial charge in [-0.25, -0.2) is 15.0 Å². The van der Waals surface area contributed by atoms with Crippen molar-refractivity contribution < 1.29 is 4.79 Å². The van der Waals surface area contributed by atoms with Crippen LogP contribution in [0.5, 0.6) is 0 Å². The Morgan fingerprint density at radius 2 is 2.00 bits per heavy atom. The first kappa shape index (κ1) is 12.3. The number of nitrogens with zero attached hydrogens (tertiary/aromatic N) is 5. The van der Waals surface area contributed by atoms with E-state index in [0.717, 1.165) is 5.56 Å². The summed E-state index contributed by atoms with van der Waals surface area (Å²) in [5, 5.41) is 0. The minimum Gasteiger partial charge on any atom is -0.311 e. The van der Waals surface area contributed by atoms with Crippen LogP contribution in [0.3, 0.4) is 0 Å². The summed E-state index contributed by atoms with van der Waals surface area (Å²) < 4.78 is 1.94. The largest absolute Gasteiger partial charge is 0.311 e. The van der Waals surface area contributed by atoms with E-state index >= 15 is 0 Å². The Kier molecular flexibility index (Phi) is 3.12. The number of hydrogen-bond donors (Lipinski definition) is 0. The number of benzene rings is 1. The fourth-order valence-electron chi connectivity index (χ4n) is 2.07. The van der Waals surface area contributed by atoms with E-state index in [1.54, 1.807) is 13.4 Å². The molecule has 0 spiro atoms. The summed E-state index contributed by atoms with van der Waals surface area (Å²) in [6.07, 6.45) is 3.87. The third-order valence-corrected chi connectivity index (χ3v) is 3.07. The van der Waals surface area contributed by atoms with Crippen LogP contribution in [0.1, 0.15) is 5.56 Å². The fourth-order valence-corrected chi connectivity index (χ4v) is 2.07. The van der Waals surface area contributed by atoms with Crippen LogP contribution >= 0.6 is 0 Å². The quantitative estimate of drug-likeness (QED) is 0.671. The number of amides is 1. The zero-order valence-electron chi connectivity index (χ0n) is 11.0. The molecule has 0 saturated carbocycles. The fraction of sp³-hybridized carbons (Fsp3) is 0.143. The number of fused-ring (bicyclic) bond motifs is 1. The summed E-state index contributed by atoms with van der Waals surface area (Å²) in [4.78, 5) is 25.0. The molecule has 3 rings (SSSR count). The number of aromatic nitrogens is 4. The SMILES string of the molecule is CN(C=O)c1ncnc2c1ncn2Cc1ccccc1. The van der Waals surface area contributed by atoms with Crippen molar-refractivity contribution in [3.05, 3.63) is 48.5 Å². The molecule has 1 aromatic carbocycles. The number of anilines is 1. The second-order valence-electron chi connectivity index (χ2n) is 4.44. The van der Waals surface area contributed by atoms with E-state index in [1.807, 2.05) is 34.9 Å². The maximum atomic E-state index is 10.9. The van der Waals surface area contributed by atoms with Crippen LogP contribution < -0.4 is 4.90 Å². The highest BCUT2D eigenvalue weighted by atomic mass is 16.1. The van der Waals surface area contributed by atoms with Crippen molar-refractivity contribution in [2.24, 2.45) is 0 Å². The molecule has 2 aromatic heterocycles. The van der Waals surface area contributed by atoms with Gasteiger partial charge in [0, 0.05) is 7.05 Å². The predicted octanol–water partition coefficient (Wildman–Crippen LogP) is 1.47. The van der Waals surface area contributed by atoms with Crippen LogP contribution in [0.15, 0.2) is 43.0 Å². The number of carbonyl (C=O) groups is 1.